The molecule has 11 heavy (non-hydrogen) atoms. The number of hydrogen-bond donors (Lipinski definition) is 1. The van der Waals surface area contributed by atoms with Crippen molar-refractivity contribution in [2.45, 2.75) is 11.2 Å². The van der Waals surface area contributed by atoms with Crippen molar-refractivity contribution in [1.29, 1.82) is 0 Å². The number of carbonyl (C=O) groups excluding carboxylic acids is 2. The second kappa shape index (κ2) is 5.14. The summed E-state index contributed by atoms with van der Waals surface area (Å²) in [5, 5.41) is 0. The first kappa shape index (κ1) is 10.4. The second-order valence-electron chi connectivity index (χ2n) is 1.68. The van der Waals surface area contributed by atoms with Crippen LogP contribution < -0.4 is 5.90 Å². The summed E-state index contributed by atoms with van der Waals surface area (Å²) >= 11 is 2.91. The first-order valence-electron chi connectivity index (χ1n) is 2.73. The number of alkyl halides is 1. The van der Waals surface area contributed by atoms with Crippen molar-refractivity contribution in [2.24, 2.45) is 5.90 Å². The standard InChI is InChI=1S/C4H7BBrNO4/c5-10-4(9)2(6)1-3(8)11-7/h2H,1,5,7H2/t2-/m1/s1. The van der Waals surface area contributed by atoms with Crippen molar-refractivity contribution >= 4 is 35.9 Å². The molecular weight excluding hydrogens is 217 g/mol. The summed E-state index contributed by atoms with van der Waals surface area (Å²) in [6.45, 7) is 0. The molecule has 0 spiro atoms. The van der Waals surface area contributed by atoms with Gasteiger partial charge < -0.3 is 9.49 Å². The van der Waals surface area contributed by atoms with Gasteiger partial charge in [0.05, 0.1) is 6.42 Å². The highest BCUT2D eigenvalue weighted by Gasteiger charge is 2.19. The lowest BCUT2D eigenvalue weighted by Crippen LogP contribution is -2.22. The molecule has 0 unspecified atom stereocenters. The first-order valence-corrected chi connectivity index (χ1v) is 3.64. The number of carbonyl (C=O) groups is 2. The van der Waals surface area contributed by atoms with Gasteiger partial charge in [0.25, 0.3) is 0 Å². The van der Waals surface area contributed by atoms with Crippen LogP contribution in [0.25, 0.3) is 0 Å². The number of halogens is 1. The van der Waals surface area contributed by atoms with E-state index in [1.807, 2.05) is 0 Å². The molecule has 0 aromatic rings. The Kier molecular flexibility index (Phi) is 4.88. The lowest BCUT2D eigenvalue weighted by Gasteiger charge is -2.04. The molecule has 0 bridgehead atoms. The molecule has 0 aromatic carbocycles. The Morgan fingerprint density at radius 3 is 2.55 bits per heavy atom. The fraction of sp³-hybridized carbons (Fsp3) is 0.500. The highest BCUT2D eigenvalue weighted by atomic mass is 79.9. The van der Waals surface area contributed by atoms with Crippen LogP contribution in [0, 0.1) is 0 Å². The minimum atomic E-state index is -0.691. The third-order valence-electron chi connectivity index (χ3n) is 0.934. The fourth-order valence-corrected chi connectivity index (χ4v) is 0.857. The Balaban J connectivity index is 3.77. The summed E-state index contributed by atoms with van der Waals surface area (Å²) in [6, 6.07) is 0. The largest absolute Gasteiger partial charge is 0.543 e. The van der Waals surface area contributed by atoms with Gasteiger partial charge in [-0.3, -0.25) is 9.59 Å². The molecule has 0 aromatic heterocycles. The van der Waals surface area contributed by atoms with Crippen molar-refractivity contribution in [1.82, 2.24) is 0 Å². The van der Waals surface area contributed by atoms with Gasteiger partial charge in [0.2, 0.25) is 0 Å². The molecular formula is C4H7BBrNO4. The predicted octanol–water partition coefficient (Wildman–Crippen LogP) is -1.35. The molecule has 0 rings (SSSR count). The summed E-state index contributed by atoms with van der Waals surface area (Å²) in [5.41, 5.74) is 0. The van der Waals surface area contributed by atoms with Gasteiger partial charge in [-0.05, 0) is 0 Å². The molecule has 0 fully saturated rings. The molecule has 0 saturated heterocycles. The Labute approximate surface area is 72.7 Å². The average Bonchev–Trinajstić information content (AvgIpc) is 2.02. The van der Waals surface area contributed by atoms with E-state index in [1.165, 1.54) is 8.05 Å². The molecule has 0 aliphatic carbocycles. The summed E-state index contributed by atoms with van der Waals surface area (Å²) in [7, 11) is 1.23. The highest BCUT2D eigenvalue weighted by Crippen LogP contribution is 2.06. The van der Waals surface area contributed by atoms with E-state index in [-0.39, 0.29) is 6.42 Å². The van der Waals surface area contributed by atoms with Crippen LogP contribution in [0.15, 0.2) is 0 Å². The molecule has 0 heterocycles. The fourth-order valence-electron chi connectivity index (χ4n) is 0.406. The number of nitrogens with two attached hydrogens (primary N) is 1. The summed E-state index contributed by atoms with van der Waals surface area (Å²) in [4.78, 5) is 24.3. The van der Waals surface area contributed by atoms with Crippen molar-refractivity contribution < 1.29 is 19.1 Å². The van der Waals surface area contributed by atoms with E-state index in [4.69, 9.17) is 0 Å². The Bertz CT molecular complexity index is 164. The van der Waals surface area contributed by atoms with Crippen LogP contribution >= 0.6 is 15.9 Å². The van der Waals surface area contributed by atoms with E-state index in [2.05, 4.69) is 31.3 Å². The molecule has 7 heteroatoms. The molecule has 0 aliphatic heterocycles. The number of rotatable bonds is 3. The van der Waals surface area contributed by atoms with Gasteiger partial charge in [0.15, 0.2) is 0 Å². The van der Waals surface area contributed by atoms with Crippen molar-refractivity contribution in [3.05, 3.63) is 0 Å². The molecule has 0 radical (unpaired) electrons. The van der Waals surface area contributed by atoms with Crippen LogP contribution in [-0.4, -0.2) is 24.8 Å². The van der Waals surface area contributed by atoms with Gasteiger partial charge in [-0.1, -0.05) is 15.9 Å². The molecule has 62 valence electrons. The lowest BCUT2D eigenvalue weighted by molar-refractivity contribution is -0.146. The van der Waals surface area contributed by atoms with Gasteiger partial charge in [0, 0.05) is 0 Å². The van der Waals surface area contributed by atoms with E-state index in [0.717, 1.165) is 0 Å². The maximum absolute atomic E-state index is 10.6. The smallest absolute Gasteiger partial charge is 0.326 e. The third-order valence-corrected chi connectivity index (χ3v) is 1.63. The van der Waals surface area contributed by atoms with Crippen LogP contribution in [0.4, 0.5) is 0 Å². The van der Waals surface area contributed by atoms with E-state index in [0.29, 0.717) is 0 Å². The van der Waals surface area contributed by atoms with Crippen LogP contribution in [-0.2, 0) is 19.1 Å². The van der Waals surface area contributed by atoms with E-state index in [9.17, 15) is 9.59 Å². The van der Waals surface area contributed by atoms with Crippen LogP contribution in [0.3, 0.4) is 0 Å². The summed E-state index contributed by atoms with van der Waals surface area (Å²) < 4.78 is 4.32. The van der Waals surface area contributed by atoms with Gasteiger partial charge in [-0.2, -0.15) is 5.90 Å². The van der Waals surface area contributed by atoms with E-state index in [1.54, 1.807) is 0 Å². The van der Waals surface area contributed by atoms with Crippen molar-refractivity contribution in [2.75, 3.05) is 0 Å². The monoisotopic (exact) mass is 223 g/mol. The van der Waals surface area contributed by atoms with Crippen molar-refractivity contribution in [3.8, 4) is 0 Å². The maximum Gasteiger partial charge on any atom is 0.326 e. The van der Waals surface area contributed by atoms with Gasteiger partial charge in [-0.15, -0.1) is 0 Å². The summed E-state index contributed by atoms with van der Waals surface area (Å²) in [5.74, 6) is 3.34. The van der Waals surface area contributed by atoms with Gasteiger partial charge in [-0.25, -0.2) is 0 Å². The van der Waals surface area contributed by atoms with Crippen LogP contribution in [0.2, 0.25) is 0 Å². The summed E-state index contributed by atoms with van der Waals surface area (Å²) in [6.07, 6.45) is -0.136. The Morgan fingerprint density at radius 2 is 2.18 bits per heavy atom. The molecule has 2 N–H and O–H groups in total. The normalized spacial score (nSPS) is 11.8. The predicted molar refractivity (Wildman–Crippen MR) is 42.2 cm³/mol. The zero-order chi connectivity index (χ0) is 8.85. The second-order valence-corrected chi connectivity index (χ2v) is 2.79. The Morgan fingerprint density at radius 1 is 1.64 bits per heavy atom. The SMILES string of the molecule is BOC(=O)[C@H](Br)CC(=O)ON. The Hall–Kier alpha value is -0.555. The molecule has 0 aliphatic rings. The average molecular weight is 224 g/mol. The van der Waals surface area contributed by atoms with Crippen LogP contribution in [0.5, 0.6) is 0 Å². The lowest BCUT2D eigenvalue weighted by atomic mass is 10.3. The van der Waals surface area contributed by atoms with E-state index < -0.39 is 16.8 Å². The molecule has 0 saturated carbocycles. The van der Waals surface area contributed by atoms with Gasteiger partial charge in [0.1, 0.15) is 4.83 Å². The highest BCUT2D eigenvalue weighted by molar-refractivity contribution is 9.10. The van der Waals surface area contributed by atoms with Crippen LogP contribution in [0.1, 0.15) is 6.42 Å². The quantitative estimate of drug-likeness (QED) is 0.364. The number of hydrogen-bond acceptors (Lipinski definition) is 5. The molecule has 1 atom stereocenters. The first-order chi connectivity index (χ1) is 5.11. The topological polar surface area (TPSA) is 78.6 Å². The molecule has 5 nitrogen and oxygen atoms in total. The van der Waals surface area contributed by atoms with Gasteiger partial charge >= 0.3 is 20.0 Å². The minimum absolute atomic E-state index is 0.136. The van der Waals surface area contributed by atoms with E-state index >= 15 is 0 Å². The zero-order valence-electron chi connectivity index (χ0n) is 5.87. The minimum Gasteiger partial charge on any atom is -0.543 e. The maximum atomic E-state index is 10.6. The van der Waals surface area contributed by atoms with Crippen molar-refractivity contribution in [3.63, 3.8) is 0 Å². The third kappa shape index (κ3) is 4.00. The molecule has 0 amide bonds. The zero-order valence-corrected chi connectivity index (χ0v) is 7.46.